The molecule has 1 aromatic rings. The molecule has 0 radical (unpaired) electrons. The van der Waals surface area contributed by atoms with Gasteiger partial charge in [0.2, 0.25) is 0 Å². The molecule has 1 N–H and O–H groups in total. The fraction of sp³-hybridized carbons (Fsp3) is 0.273. The molecule has 0 saturated heterocycles. The lowest BCUT2D eigenvalue weighted by Gasteiger charge is -2.10. The first-order chi connectivity index (χ1) is 6.07. The van der Waals surface area contributed by atoms with Crippen LogP contribution in [0.3, 0.4) is 0 Å². The van der Waals surface area contributed by atoms with Gasteiger partial charge in [-0.05, 0) is 53.4 Å². The van der Waals surface area contributed by atoms with E-state index in [0.717, 1.165) is 15.6 Å². The molecule has 0 heterocycles. The SMILES string of the molecule is C=CCc1c(C)c(C)cc(Br)c1O. The third kappa shape index (κ3) is 1.94. The van der Waals surface area contributed by atoms with Crippen LogP contribution >= 0.6 is 15.9 Å². The Labute approximate surface area is 87.2 Å². The molecule has 1 nitrogen and oxygen atoms in total. The number of hydrogen-bond acceptors (Lipinski definition) is 1. The second-order valence-electron chi connectivity index (χ2n) is 3.12. The van der Waals surface area contributed by atoms with Crippen molar-refractivity contribution in [2.45, 2.75) is 20.3 Å². The number of halogens is 1. The van der Waals surface area contributed by atoms with Gasteiger partial charge in [0.15, 0.2) is 0 Å². The van der Waals surface area contributed by atoms with Crippen molar-refractivity contribution in [1.82, 2.24) is 0 Å². The summed E-state index contributed by atoms with van der Waals surface area (Å²) in [5, 5.41) is 9.74. The third-order valence-corrected chi connectivity index (χ3v) is 2.85. The average Bonchev–Trinajstić information content (AvgIpc) is 2.09. The number of aromatic hydroxyl groups is 1. The molecular weight excluding hydrogens is 228 g/mol. The van der Waals surface area contributed by atoms with Crippen LogP contribution in [0.25, 0.3) is 0 Å². The topological polar surface area (TPSA) is 20.2 Å². The van der Waals surface area contributed by atoms with Gasteiger partial charge in [0.25, 0.3) is 0 Å². The maximum Gasteiger partial charge on any atom is 0.133 e. The number of aryl methyl sites for hydroxylation is 1. The molecule has 0 aliphatic heterocycles. The van der Waals surface area contributed by atoms with Gasteiger partial charge in [-0.15, -0.1) is 6.58 Å². The van der Waals surface area contributed by atoms with Gasteiger partial charge in [0.1, 0.15) is 5.75 Å². The summed E-state index contributed by atoms with van der Waals surface area (Å²) < 4.78 is 0.757. The standard InChI is InChI=1S/C11H13BrO/c1-4-5-9-8(3)7(2)6-10(12)11(9)13/h4,6,13H,1,5H2,2-3H3. The average molecular weight is 241 g/mol. The Hall–Kier alpha value is -0.760. The summed E-state index contributed by atoms with van der Waals surface area (Å²) in [6, 6.07) is 1.93. The van der Waals surface area contributed by atoms with E-state index in [1.165, 1.54) is 5.56 Å². The number of hydrogen-bond donors (Lipinski definition) is 1. The Morgan fingerprint density at radius 3 is 2.69 bits per heavy atom. The van der Waals surface area contributed by atoms with Crippen molar-refractivity contribution in [1.29, 1.82) is 0 Å². The monoisotopic (exact) mass is 240 g/mol. The van der Waals surface area contributed by atoms with Gasteiger partial charge >= 0.3 is 0 Å². The summed E-state index contributed by atoms with van der Waals surface area (Å²) >= 11 is 3.32. The van der Waals surface area contributed by atoms with Crippen LogP contribution in [0, 0.1) is 13.8 Å². The predicted molar refractivity (Wildman–Crippen MR) is 59.2 cm³/mol. The summed E-state index contributed by atoms with van der Waals surface area (Å²) in [5.74, 6) is 0.336. The Bertz CT molecular complexity index is 316. The minimum atomic E-state index is 0.336. The van der Waals surface area contributed by atoms with Crippen molar-refractivity contribution < 1.29 is 5.11 Å². The molecule has 70 valence electrons. The van der Waals surface area contributed by atoms with Gasteiger partial charge in [-0.3, -0.25) is 0 Å². The zero-order valence-electron chi connectivity index (χ0n) is 7.89. The maximum absolute atomic E-state index is 9.74. The second kappa shape index (κ2) is 3.97. The van der Waals surface area contributed by atoms with Crippen LogP contribution in [-0.4, -0.2) is 5.11 Å². The van der Waals surface area contributed by atoms with Crippen LogP contribution < -0.4 is 0 Å². The van der Waals surface area contributed by atoms with Gasteiger partial charge < -0.3 is 5.11 Å². The first-order valence-electron chi connectivity index (χ1n) is 4.16. The summed E-state index contributed by atoms with van der Waals surface area (Å²) in [4.78, 5) is 0. The van der Waals surface area contributed by atoms with Gasteiger partial charge in [-0.2, -0.15) is 0 Å². The third-order valence-electron chi connectivity index (χ3n) is 2.25. The van der Waals surface area contributed by atoms with Crippen molar-refractivity contribution in [3.05, 3.63) is 39.9 Å². The van der Waals surface area contributed by atoms with Crippen LogP contribution in [0.5, 0.6) is 5.75 Å². The Morgan fingerprint density at radius 2 is 2.15 bits per heavy atom. The summed E-state index contributed by atoms with van der Waals surface area (Å²) in [7, 11) is 0. The number of phenolic OH excluding ortho intramolecular Hbond substituents is 1. The Balaban J connectivity index is 3.36. The fourth-order valence-corrected chi connectivity index (χ4v) is 1.90. The molecule has 0 fully saturated rings. The van der Waals surface area contributed by atoms with Crippen molar-refractivity contribution in [3.63, 3.8) is 0 Å². The highest BCUT2D eigenvalue weighted by atomic mass is 79.9. The molecule has 1 rings (SSSR count). The summed E-state index contributed by atoms with van der Waals surface area (Å²) in [6.45, 7) is 7.72. The van der Waals surface area contributed by atoms with Crippen LogP contribution in [0.4, 0.5) is 0 Å². The summed E-state index contributed by atoms with van der Waals surface area (Å²) in [5.41, 5.74) is 3.28. The molecule has 0 unspecified atom stereocenters. The lowest BCUT2D eigenvalue weighted by molar-refractivity contribution is 0.465. The van der Waals surface area contributed by atoms with E-state index in [1.54, 1.807) is 6.08 Å². The van der Waals surface area contributed by atoms with E-state index in [1.807, 2.05) is 19.9 Å². The molecule has 0 aliphatic rings. The minimum Gasteiger partial charge on any atom is -0.506 e. The van der Waals surface area contributed by atoms with Gasteiger partial charge in [-0.25, -0.2) is 0 Å². The Morgan fingerprint density at radius 1 is 1.54 bits per heavy atom. The summed E-state index contributed by atoms with van der Waals surface area (Å²) in [6.07, 6.45) is 2.51. The van der Waals surface area contributed by atoms with E-state index in [0.29, 0.717) is 12.2 Å². The molecule has 0 bridgehead atoms. The smallest absolute Gasteiger partial charge is 0.133 e. The molecule has 0 saturated carbocycles. The molecule has 0 amide bonds. The first-order valence-corrected chi connectivity index (χ1v) is 4.95. The van der Waals surface area contributed by atoms with Crippen LogP contribution in [0.2, 0.25) is 0 Å². The largest absolute Gasteiger partial charge is 0.506 e. The molecular formula is C11H13BrO. The highest BCUT2D eigenvalue weighted by Gasteiger charge is 2.09. The van der Waals surface area contributed by atoms with Crippen LogP contribution in [0.1, 0.15) is 16.7 Å². The minimum absolute atomic E-state index is 0.336. The quantitative estimate of drug-likeness (QED) is 0.785. The van der Waals surface area contributed by atoms with Crippen LogP contribution in [-0.2, 0) is 6.42 Å². The highest BCUT2D eigenvalue weighted by molar-refractivity contribution is 9.10. The van der Waals surface area contributed by atoms with Crippen molar-refractivity contribution in [3.8, 4) is 5.75 Å². The highest BCUT2D eigenvalue weighted by Crippen LogP contribution is 2.32. The normalized spacial score (nSPS) is 10.1. The van der Waals surface area contributed by atoms with E-state index in [9.17, 15) is 5.11 Å². The molecule has 0 aliphatic carbocycles. The Kier molecular flexibility index (Phi) is 3.15. The lowest BCUT2D eigenvalue weighted by atomic mass is 10.00. The van der Waals surface area contributed by atoms with Gasteiger partial charge in [0.05, 0.1) is 4.47 Å². The van der Waals surface area contributed by atoms with E-state index >= 15 is 0 Å². The predicted octanol–water partition coefficient (Wildman–Crippen LogP) is 3.50. The van der Waals surface area contributed by atoms with E-state index < -0.39 is 0 Å². The lowest BCUT2D eigenvalue weighted by Crippen LogP contribution is -1.92. The van der Waals surface area contributed by atoms with E-state index in [-0.39, 0.29) is 0 Å². The number of benzene rings is 1. The number of allylic oxidation sites excluding steroid dienone is 1. The number of phenols is 1. The van der Waals surface area contributed by atoms with Crippen molar-refractivity contribution >= 4 is 15.9 Å². The molecule has 0 spiro atoms. The molecule has 1 aromatic carbocycles. The maximum atomic E-state index is 9.74. The number of rotatable bonds is 2. The first kappa shape index (κ1) is 10.3. The van der Waals surface area contributed by atoms with Crippen molar-refractivity contribution in [2.75, 3.05) is 0 Å². The van der Waals surface area contributed by atoms with Crippen molar-refractivity contribution in [2.24, 2.45) is 0 Å². The fourth-order valence-electron chi connectivity index (χ4n) is 1.32. The van der Waals surface area contributed by atoms with Gasteiger partial charge in [0, 0.05) is 5.56 Å². The van der Waals surface area contributed by atoms with E-state index in [4.69, 9.17) is 0 Å². The molecule has 13 heavy (non-hydrogen) atoms. The van der Waals surface area contributed by atoms with Gasteiger partial charge in [-0.1, -0.05) is 6.08 Å². The van der Waals surface area contributed by atoms with Crippen LogP contribution in [0.15, 0.2) is 23.2 Å². The zero-order chi connectivity index (χ0) is 10.0. The molecule has 0 atom stereocenters. The molecule has 0 aromatic heterocycles. The molecule has 2 heteroatoms. The van der Waals surface area contributed by atoms with E-state index in [2.05, 4.69) is 22.5 Å². The second-order valence-corrected chi connectivity index (χ2v) is 3.97. The zero-order valence-corrected chi connectivity index (χ0v) is 9.48.